The molecule has 1 aliphatic carbocycles. The van der Waals surface area contributed by atoms with Crippen LogP contribution in [-0.4, -0.2) is 5.84 Å². The molecule has 0 aliphatic heterocycles. The van der Waals surface area contributed by atoms with E-state index in [0.29, 0.717) is 5.84 Å². The molecule has 124 valence electrons. The van der Waals surface area contributed by atoms with E-state index in [0.717, 1.165) is 17.4 Å². The summed E-state index contributed by atoms with van der Waals surface area (Å²) in [4.78, 5) is 4.57. The van der Waals surface area contributed by atoms with Crippen LogP contribution in [-0.2, 0) is 0 Å². The monoisotopic (exact) mass is 327 g/mol. The number of rotatable bonds is 3. The molecule has 2 unspecified atom stereocenters. The molecule has 25 heavy (non-hydrogen) atoms. The fourth-order valence-corrected chi connectivity index (χ4v) is 3.32. The zero-order chi connectivity index (χ0) is 17.2. The lowest BCUT2D eigenvalue weighted by molar-refractivity contribution is 0.759. The molecule has 0 amide bonds. The first-order valence-corrected chi connectivity index (χ1v) is 8.55. The summed E-state index contributed by atoms with van der Waals surface area (Å²) in [5, 5.41) is 4.82. The molecular formula is C22H21N3. The van der Waals surface area contributed by atoms with Gasteiger partial charge in [-0.25, -0.2) is 4.99 Å². The van der Waals surface area contributed by atoms with Gasteiger partial charge in [-0.3, -0.25) is 0 Å². The molecule has 4 rings (SSSR count). The minimum atomic E-state index is -0.449. The van der Waals surface area contributed by atoms with Crippen LogP contribution in [0.25, 0.3) is 22.9 Å². The lowest BCUT2D eigenvalue weighted by Crippen LogP contribution is -2.33. The minimum Gasteiger partial charge on any atom is -0.387 e. The highest BCUT2D eigenvalue weighted by Gasteiger charge is 2.14. The van der Waals surface area contributed by atoms with E-state index < -0.39 is 6.17 Å². The molecule has 3 aromatic rings. The summed E-state index contributed by atoms with van der Waals surface area (Å²) in [6, 6.07) is 22.7. The van der Waals surface area contributed by atoms with E-state index in [2.05, 4.69) is 59.6 Å². The van der Waals surface area contributed by atoms with E-state index >= 15 is 0 Å². The summed E-state index contributed by atoms with van der Waals surface area (Å²) in [7, 11) is 0. The average molecular weight is 327 g/mol. The number of benzene rings is 3. The van der Waals surface area contributed by atoms with Crippen molar-refractivity contribution in [2.45, 2.75) is 12.6 Å². The van der Waals surface area contributed by atoms with Crippen molar-refractivity contribution in [2.24, 2.45) is 22.4 Å². The van der Waals surface area contributed by atoms with E-state index in [1.54, 1.807) is 0 Å². The number of hydrogen-bond acceptors (Lipinski definition) is 2. The summed E-state index contributed by atoms with van der Waals surface area (Å²) < 4.78 is 0. The van der Waals surface area contributed by atoms with Crippen molar-refractivity contribution in [1.82, 2.24) is 0 Å². The number of hydrogen-bond donors (Lipinski definition) is 2. The normalized spacial score (nSPS) is 18.1. The Morgan fingerprint density at radius 3 is 2.48 bits per heavy atom. The van der Waals surface area contributed by atoms with E-state index in [9.17, 15) is 0 Å². The topological polar surface area (TPSA) is 64.4 Å². The summed E-state index contributed by atoms with van der Waals surface area (Å²) >= 11 is 0. The van der Waals surface area contributed by atoms with Crippen LogP contribution in [0, 0.1) is 5.92 Å². The summed E-state index contributed by atoms with van der Waals surface area (Å²) in [6.45, 7) is 0. The maximum absolute atomic E-state index is 6.30. The number of nitrogens with two attached hydrogens (primary N) is 2. The highest BCUT2D eigenvalue weighted by Crippen LogP contribution is 2.21. The average Bonchev–Trinajstić information content (AvgIpc) is 2.67. The summed E-state index contributed by atoms with van der Waals surface area (Å²) in [6.07, 6.45) is 4.80. The number of aliphatic imine (C=N–C) groups is 1. The van der Waals surface area contributed by atoms with Crippen molar-refractivity contribution in [3.63, 3.8) is 0 Å². The third-order valence-electron chi connectivity index (χ3n) is 4.75. The predicted octanol–water partition coefficient (Wildman–Crippen LogP) is 2.44. The Labute approximate surface area is 147 Å². The van der Waals surface area contributed by atoms with E-state index in [4.69, 9.17) is 11.5 Å². The van der Waals surface area contributed by atoms with E-state index in [1.165, 1.54) is 15.8 Å². The summed E-state index contributed by atoms with van der Waals surface area (Å²) in [5.41, 5.74) is 13.5. The Morgan fingerprint density at radius 2 is 1.64 bits per heavy atom. The van der Waals surface area contributed by atoms with Crippen LogP contribution in [0.15, 0.2) is 71.7 Å². The maximum atomic E-state index is 6.30. The van der Waals surface area contributed by atoms with Gasteiger partial charge in [0.05, 0.1) is 0 Å². The Morgan fingerprint density at radius 1 is 0.920 bits per heavy atom. The van der Waals surface area contributed by atoms with Crippen molar-refractivity contribution in [3.8, 4) is 0 Å². The van der Waals surface area contributed by atoms with Crippen molar-refractivity contribution < 1.29 is 0 Å². The Kier molecular flexibility index (Phi) is 4.08. The van der Waals surface area contributed by atoms with Gasteiger partial charge in [0.25, 0.3) is 0 Å². The lowest BCUT2D eigenvalue weighted by Gasteiger charge is -2.16. The molecule has 2 atom stereocenters. The van der Waals surface area contributed by atoms with Crippen LogP contribution in [0.1, 0.15) is 18.2 Å². The molecule has 0 fully saturated rings. The van der Waals surface area contributed by atoms with Crippen molar-refractivity contribution in [2.75, 3.05) is 0 Å². The highest BCUT2D eigenvalue weighted by molar-refractivity contribution is 5.89. The first-order valence-electron chi connectivity index (χ1n) is 8.55. The van der Waals surface area contributed by atoms with Gasteiger partial charge in [-0.05, 0) is 39.3 Å². The van der Waals surface area contributed by atoms with Gasteiger partial charge >= 0.3 is 0 Å². The quantitative estimate of drug-likeness (QED) is 0.573. The Hall–Kier alpha value is -2.91. The Balaban J connectivity index is 1.61. The SMILES string of the molecule is N/C(=N\C(N)c1ccc2ccccc2c1)C1C=c2ccccc2=CC1. The number of amidine groups is 1. The molecule has 0 spiro atoms. The molecule has 3 aromatic carbocycles. The van der Waals surface area contributed by atoms with Gasteiger partial charge in [-0.2, -0.15) is 0 Å². The second-order valence-corrected chi connectivity index (χ2v) is 6.45. The van der Waals surface area contributed by atoms with Crippen LogP contribution in [0.5, 0.6) is 0 Å². The molecule has 0 radical (unpaired) electrons. The second kappa shape index (κ2) is 6.54. The van der Waals surface area contributed by atoms with Crippen molar-refractivity contribution >= 4 is 28.8 Å². The van der Waals surface area contributed by atoms with Gasteiger partial charge < -0.3 is 11.5 Å². The molecule has 3 heteroatoms. The molecule has 1 aliphatic rings. The van der Waals surface area contributed by atoms with Crippen LogP contribution < -0.4 is 21.9 Å². The van der Waals surface area contributed by atoms with Gasteiger partial charge in [-0.1, -0.05) is 72.8 Å². The standard InChI is InChI=1S/C22H21N3/c23-21(19-11-9-15-5-1-3-7-17(15)13-19)25-22(24)20-12-10-16-6-2-4-8-18(16)14-20/h1-11,13-14,20-21H,12,23H2,(H2,24,25). The largest absolute Gasteiger partial charge is 0.387 e. The van der Waals surface area contributed by atoms with Gasteiger partial charge in [-0.15, -0.1) is 0 Å². The van der Waals surface area contributed by atoms with Crippen LogP contribution in [0.4, 0.5) is 0 Å². The van der Waals surface area contributed by atoms with Crippen LogP contribution in [0.2, 0.25) is 0 Å². The molecule has 0 saturated carbocycles. The predicted molar refractivity (Wildman–Crippen MR) is 105 cm³/mol. The van der Waals surface area contributed by atoms with Crippen LogP contribution >= 0.6 is 0 Å². The maximum Gasteiger partial charge on any atom is 0.125 e. The van der Waals surface area contributed by atoms with Gasteiger partial charge in [0.15, 0.2) is 0 Å². The molecule has 4 N–H and O–H groups in total. The number of nitrogens with zero attached hydrogens (tertiary/aromatic N) is 1. The smallest absolute Gasteiger partial charge is 0.125 e. The van der Waals surface area contributed by atoms with Crippen LogP contribution in [0.3, 0.4) is 0 Å². The van der Waals surface area contributed by atoms with E-state index in [-0.39, 0.29) is 5.92 Å². The van der Waals surface area contributed by atoms with Crippen molar-refractivity contribution in [1.29, 1.82) is 0 Å². The van der Waals surface area contributed by atoms with Gasteiger partial charge in [0, 0.05) is 5.92 Å². The van der Waals surface area contributed by atoms with Gasteiger partial charge in [0.1, 0.15) is 12.0 Å². The molecule has 0 aromatic heterocycles. The first kappa shape index (κ1) is 15.6. The third-order valence-corrected chi connectivity index (χ3v) is 4.75. The zero-order valence-electron chi connectivity index (χ0n) is 14.0. The van der Waals surface area contributed by atoms with E-state index in [1.807, 2.05) is 24.3 Å². The molecule has 3 nitrogen and oxygen atoms in total. The zero-order valence-corrected chi connectivity index (χ0v) is 14.0. The summed E-state index contributed by atoms with van der Waals surface area (Å²) in [5.74, 6) is 0.688. The highest BCUT2D eigenvalue weighted by atomic mass is 15.0. The fourth-order valence-electron chi connectivity index (χ4n) is 3.32. The molecule has 0 bridgehead atoms. The lowest BCUT2D eigenvalue weighted by atomic mass is 9.96. The van der Waals surface area contributed by atoms with Crippen molar-refractivity contribution in [3.05, 3.63) is 82.7 Å². The molecule has 0 saturated heterocycles. The first-order chi connectivity index (χ1) is 12.2. The molecular weight excluding hydrogens is 306 g/mol. The second-order valence-electron chi connectivity index (χ2n) is 6.45. The third kappa shape index (κ3) is 3.19. The fraction of sp³-hybridized carbons (Fsp3) is 0.136. The van der Waals surface area contributed by atoms with Gasteiger partial charge in [0.2, 0.25) is 0 Å². The minimum absolute atomic E-state index is 0.0985. The number of fused-ring (bicyclic) bond motifs is 2. The molecule has 0 heterocycles. The Bertz CT molecular complexity index is 1070.